The van der Waals surface area contributed by atoms with E-state index < -0.39 is 23.0 Å². The van der Waals surface area contributed by atoms with Gasteiger partial charge in [0.1, 0.15) is 11.6 Å². The Morgan fingerprint density at radius 2 is 1.92 bits per heavy atom. The van der Waals surface area contributed by atoms with Crippen molar-refractivity contribution in [1.82, 2.24) is 15.3 Å². The predicted molar refractivity (Wildman–Crippen MR) is 94.4 cm³/mol. The number of nitrogens with two attached hydrogens (primary N) is 1. The average molecular weight is 358 g/mol. The second kappa shape index (κ2) is 7.19. The molecule has 1 fully saturated rings. The molecule has 3 N–H and O–H groups in total. The molecule has 0 aliphatic heterocycles. The van der Waals surface area contributed by atoms with E-state index in [2.05, 4.69) is 21.9 Å². The molecule has 0 unspecified atom stereocenters. The molecule has 1 heterocycles. The highest BCUT2D eigenvalue weighted by Crippen LogP contribution is 2.41. The number of nitrogen functional groups attached to an aromatic ring is 1. The second-order valence-corrected chi connectivity index (χ2v) is 6.63. The molecule has 1 saturated carbocycles. The van der Waals surface area contributed by atoms with Crippen molar-refractivity contribution in [3.8, 4) is 0 Å². The summed E-state index contributed by atoms with van der Waals surface area (Å²) in [6.07, 6.45) is 5.45. The Morgan fingerprint density at radius 1 is 1.23 bits per heavy atom. The smallest absolute Gasteiger partial charge is 0.273 e. The van der Waals surface area contributed by atoms with Gasteiger partial charge in [0.25, 0.3) is 5.91 Å². The fraction of sp³-hybridized carbons (Fsp3) is 0.316. The summed E-state index contributed by atoms with van der Waals surface area (Å²) in [6, 6.07) is 3.58. The minimum atomic E-state index is -0.633. The molecule has 5 nitrogen and oxygen atoms in total. The number of hydrogen-bond donors (Lipinski definition) is 2. The topological polar surface area (TPSA) is 80.9 Å². The van der Waals surface area contributed by atoms with Crippen LogP contribution in [0.15, 0.2) is 42.7 Å². The second-order valence-electron chi connectivity index (χ2n) is 6.63. The van der Waals surface area contributed by atoms with Crippen LogP contribution in [0.4, 0.5) is 14.6 Å². The fourth-order valence-electron chi connectivity index (χ4n) is 3.40. The van der Waals surface area contributed by atoms with Gasteiger partial charge in [-0.15, -0.1) is 0 Å². The number of benzene rings is 1. The van der Waals surface area contributed by atoms with Crippen LogP contribution in [0.3, 0.4) is 0 Å². The van der Waals surface area contributed by atoms with Gasteiger partial charge in [0.05, 0.1) is 0 Å². The van der Waals surface area contributed by atoms with Crippen molar-refractivity contribution in [2.24, 2.45) is 0 Å². The third-order valence-electron chi connectivity index (χ3n) is 4.95. The van der Waals surface area contributed by atoms with E-state index in [1.807, 2.05) is 0 Å². The van der Waals surface area contributed by atoms with Crippen molar-refractivity contribution >= 4 is 11.7 Å². The monoisotopic (exact) mass is 358 g/mol. The Labute approximate surface area is 150 Å². The Bertz CT molecular complexity index is 843. The Balaban J connectivity index is 1.86. The van der Waals surface area contributed by atoms with E-state index in [1.54, 1.807) is 0 Å². The molecule has 136 valence electrons. The molecule has 0 saturated heterocycles. The van der Waals surface area contributed by atoms with Gasteiger partial charge >= 0.3 is 0 Å². The summed E-state index contributed by atoms with van der Waals surface area (Å²) in [7, 11) is 0. The predicted octanol–water partition coefficient (Wildman–Crippen LogP) is 3.14. The third kappa shape index (κ3) is 3.56. The zero-order valence-electron chi connectivity index (χ0n) is 14.3. The van der Waals surface area contributed by atoms with Gasteiger partial charge in [-0.2, -0.15) is 0 Å². The summed E-state index contributed by atoms with van der Waals surface area (Å²) in [5, 5.41) is 2.79. The van der Waals surface area contributed by atoms with Crippen molar-refractivity contribution in [3.05, 3.63) is 65.6 Å². The average Bonchev–Trinajstić information content (AvgIpc) is 2.62. The van der Waals surface area contributed by atoms with Gasteiger partial charge in [-0.25, -0.2) is 18.7 Å². The number of allylic oxidation sites excluding steroid dienone is 1. The first-order chi connectivity index (χ1) is 12.4. The molecule has 0 bridgehead atoms. The number of amides is 1. The van der Waals surface area contributed by atoms with E-state index in [-0.39, 0.29) is 18.1 Å². The lowest BCUT2D eigenvalue weighted by molar-refractivity contribution is 0.0933. The number of carbonyl (C=O) groups is 1. The zero-order valence-corrected chi connectivity index (χ0v) is 14.3. The van der Waals surface area contributed by atoms with E-state index >= 15 is 0 Å². The summed E-state index contributed by atoms with van der Waals surface area (Å²) in [5.41, 5.74) is 6.57. The number of anilines is 1. The van der Waals surface area contributed by atoms with Crippen LogP contribution in [0.1, 0.15) is 41.7 Å². The summed E-state index contributed by atoms with van der Waals surface area (Å²) in [5.74, 6) is -1.67. The lowest BCUT2D eigenvalue weighted by Gasteiger charge is -2.39. The van der Waals surface area contributed by atoms with E-state index in [1.165, 1.54) is 24.5 Å². The first-order valence-electron chi connectivity index (χ1n) is 8.38. The molecule has 1 aromatic carbocycles. The van der Waals surface area contributed by atoms with E-state index in [0.717, 1.165) is 24.5 Å². The summed E-state index contributed by atoms with van der Waals surface area (Å²) < 4.78 is 27.8. The van der Waals surface area contributed by atoms with E-state index in [4.69, 9.17) is 5.73 Å². The van der Waals surface area contributed by atoms with Gasteiger partial charge in [0.2, 0.25) is 0 Å². The van der Waals surface area contributed by atoms with Crippen LogP contribution in [-0.2, 0) is 5.41 Å². The van der Waals surface area contributed by atoms with Crippen LogP contribution >= 0.6 is 0 Å². The maximum atomic E-state index is 14.5. The lowest BCUT2D eigenvalue weighted by atomic mass is 9.68. The Kier molecular flexibility index (Phi) is 4.97. The molecule has 1 aliphatic carbocycles. The fourth-order valence-corrected chi connectivity index (χ4v) is 3.40. The minimum absolute atomic E-state index is 0.0300. The van der Waals surface area contributed by atoms with E-state index in [9.17, 15) is 13.6 Å². The van der Waals surface area contributed by atoms with Crippen LogP contribution in [-0.4, -0.2) is 22.4 Å². The van der Waals surface area contributed by atoms with Crippen LogP contribution < -0.4 is 11.1 Å². The molecule has 1 aliphatic rings. The highest BCUT2D eigenvalue weighted by Gasteiger charge is 2.37. The molecule has 7 heteroatoms. The molecular formula is C19H20F2N4O. The summed E-state index contributed by atoms with van der Waals surface area (Å²) >= 11 is 0. The number of aromatic nitrogens is 2. The molecule has 26 heavy (non-hydrogen) atoms. The molecule has 0 atom stereocenters. The minimum Gasteiger partial charge on any atom is -0.382 e. The molecular weight excluding hydrogens is 338 g/mol. The van der Waals surface area contributed by atoms with Crippen molar-refractivity contribution in [3.63, 3.8) is 0 Å². The van der Waals surface area contributed by atoms with Gasteiger partial charge < -0.3 is 11.1 Å². The van der Waals surface area contributed by atoms with Gasteiger partial charge in [0, 0.05) is 30.4 Å². The first kappa shape index (κ1) is 18.0. The SMILES string of the molecule is C=C1CCC(CNC(=O)c2nccnc2N)(c2ccc(F)cc2F)CC1. The first-order valence-corrected chi connectivity index (χ1v) is 8.38. The number of hydrogen-bond acceptors (Lipinski definition) is 4. The molecule has 0 radical (unpaired) electrons. The maximum Gasteiger partial charge on any atom is 0.273 e. The van der Waals surface area contributed by atoms with Crippen LogP contribution in [0.2, 0.25) is 0 Å². The Hall–Kier alpha value is -2.83. The number of nitrogens with one attached hydrogen (secondary N) is 1. The Morgan fingerprint density at radius 3 is 2.58 bits per heavy atom. The van der Waals surface area contributed by atoms with Crippen molar-refractivity contribution in [2.45, 2.75) is 31.1 Å². The highest BCUT2D eigenvalue weighted by atomic mass is 19.1. The number of rotatable bonds is 4. The van der Waals surface area contributed by atoms with Crippen molar-refractivity contribution < 1.29 is 13.6 Å². The van der Waals surface area contributed by atoms with Gasteiger partial charge in [0.15, 0.2) is 11.5 Å². The summed E-state index contributed by atoms with van der Waals surface area (Å²) in [6.45, 7) is 4.18. The molecule has 1 aromatic heterocycles. The number of halogens is 2. The summed E-state index contributed by atoms with van der Waals surface area (Å²) in [4.78, 5) is 20.2. The zero-order chi connectivity index (χ0) is 18.7. The van der Waals surface area contributed by atoms with Gasteiger partial charge in [-0.05, 0) is 37.3 Å². The van der Waals surface area contributed by atoms with Crippen molar-refractivity contribution in [1.29, 1.82) is 0 Å². The van der Waals surface area contributed by atoms with Gasteiger partial charge in [-0.1, -0.05) is 18.2 Å². The third-order valence-corrected chi connectivity index (χ3v) is 4.95. The highest BCUT2D eigenvalue weighted by molar-refractivity contribution is 5.96. The molecule has 1 amide bonds. The molecule has 0 spiro atoms. The van der Waals surface area contributed by atoms with Crippen molar-refractivity contribution in [2.75, 3.05) is 12.3 Å². The van der Waals surface area contributed by atoms with Gasteiger partial charge in [-0.3, -0.25) is 4.79 Å². The molecule has 2 aromatic rings. The van der Waals surface area contributed by atoms with Crippen LogP contribution in [0, 0.1) is 11.6 Å². The largest absolute Gasteiger partial charge is 0.382 e. The normalized spacial score (nSPS) is 16.3. The number of nitrogens with zero attached hydrogens (tertiary/aromatic N) is 2. The van der Waals surface area contributed by atoms with E-state index in [0.29, 0.717) is 18.4 Å². The maximum absolute atomic E-state index is 14.5. The number of carbonyl (C=O) groups excluding carboxylic acids is 1. The lowest BCUT2D eigenvalue weighted by Crippen LogP contribution is -2.43. The quantitative estimate of drug-likeness (QED) is 0.823. The van der Waals surface area contributed by atoms with Crippen LogP contribution in [0.5, 0.6) is 0 Å². The standard InChI is InChI=1S/C19H20F2N4O/c1-12-4-6-19(7-5-12,14-3-2-13(20)10-15(14)21)11-25-18(26)16-17(22)24-9-8-23-16/h2-3,8-10H,1,4-7,11H2,(H2,22,24)(H,25,26). The molecule has 3 rings (SSSR count). The van der Waals surface area contributed by atoms with Crippen LogP contribution in [0.25, 0.3) is 0 Å².